The molecule has 0 radical (unpaired) electrons. The highest BCUT2D eigenvalue weighted by molar-refractivity contribution is 9.10. The number of anilines is 1. The van der Waals surface area contributed by atoms with Crippen molar-refractivity contribution in [3.63, 3.8) is 0 Å². The second kappa shape index (κ2) is 7.15. The molecule has 0 aliphatic rings. The lowest BCUT2D eigenvalue weighted by atomic mass is 10.1. The Labute approximate surface area is 155 Å². The molecule has 2 aromatic carbocycles. The number of halogens is 1. The molecule has 1 aromatic heterocycles. The Hall–Kier alpha value is -2.53. The van der Waals surface area contributed by atoms with Crippen LogP contribution < -0.4 is 5.73 Å². The molecule has 128 valence electrons. The Morgan fingerprint density at radius 2 is 1.84 bits per heavy atom. The fraction of sp³-hybridized carbons (Fsp3) is 0.150. The van der Waals surface area contributed by atoms with Crippen LogP contribution in [0, 0.1) is 6.92 Å². The van der Waals surface area contributed by atoms with Gasteiger partial charge in [0.25, 0.3) is 0 Å². The molecule has 3 aromatic rings. The van der Waals surface area contributed by atoms with Crippen molar-refractivity contribution >= 4 is 27.6 Å². The maximum Gasteiger partial charge on any atom is 0.303 e. The summed E-state index contributed by atoms with van der Waals surface area (Å²) in [6.07, 6.45) is 0.563. The number of hydrogen-bond acceptors (Lipinski definition) is 2. The van der Waals surface area contributed by atoms with Gasteiger partial charge in [-0.2, -0.15) is 0 Å². The predicted octanol–water partition coefficient (Wildman–Crippen LogP) is 4.81. The number of benzene rings is 2. The number of hydrogen-bond donors (Lipinski definition) is 2. The van der Waals surface area contributed by atoms with Gasteiger partial charge < -0.3 is 15.4 Å². The van der Waals surface area contributed by atoms with Gasteiger partial charge in [0.15, 0.2) is 0 Å². The van der Waals surface area contributed by atoms with Gasteiger partial charge in [-0.3, -0.25) is 4.79 Å². The van der Waals surface area contributed by atoms with Gasteiger partial charge in [0, 0.05) is 21.5 Å². The van der Waals surface area contributed by atoms with Crippen LogP contribution in [-0.4, -0.2) is 15.6 Å². The predicted molar refractivity (Wildman–Crippen MR) is 104 cm³/mol. The summed E-state index contributed by atoms with van der Waals surface area (Å²) in [5, 5.41) is 9.05. The average Bonchev–Trinajstić information content (AvgIpc) is 2.97. The number of nitrogen functional groups attached to an aromatic ring is 1. The smallest absolute Gasteiger partial charge is 0.303 e. The first-order chi connectivity index (χ1) is 12.0. The van der Waals surface area contributed by atoms with Crippen LogP contribution in [0.25, 0.3) is 16.9 Å². The number of carbonyl (C=O) groups is 1. The molecule has 0 unspecified atom stereocenters. The molecule has 0 spiro atoms. The molecule has 0 atom stereocenters. The van der Waals surface area contributed by atoms with Crippen molar-refractivity contribution in [3.05, 3.63) is 70.3 Å². The summed E-state index contributed by atoms with van der Waals surface area (Å²) >= 11 is 3.46. The minimum atomic E-state index is -0.799. The molecular weight excluding hydrogens is 380 g/mol. The molecule has 1 heterocycles. The number of carboxylic acids is 1. The van der Waals surface area contributed by atoms with Gasteiger partial charge in [0.05, 0.1) is 12.1 Å². The van der Waals surface area contributed by atoms with E-state index < -0.39 is 5.97 Å². The lowest BCUT2D eigenvalue weighted by Crippen LogP contribution is -2.07. The van der Waals surface area contributed by atoms with Crippen molar-refractivity contribution in [2.75, 3.05) is 5.73 Å². The van der Waals surface area contributed by atoms with E-state index in [0.29, 0.717) is 12.1 Å². The first-order valence-corrected chi connectivity index (χ1v) is 8.80. The molecule has 0 bridgehead atoms. The van der Waals surface area contributed by atoms with Crippen LogP contribution in [0.15, 0.2) is 59.1 Å². The molecule has 0 aliphatic carbocycles. The van der Waals surface area contributed by atoms with E-state index in [-0.39, 0.29) is 6.42 Å². The van der Waals surface area contributed by atoms with Crippen LogP contribution in [-0.2, 0) is 11.2 Å². The topological polar surface area (TPSA) is 68.2 Å². The molecule has 4 nitrogen and oxygen atoms in total. The van der Waals surface area contributed by atoms with Gasteiger partial charge in [-0.05, 0) is 66.9 Å². The van der Waals surface area contributed by atoms with E-state index in [0.717, 1.165) is 32.7 Å². The third-order valence-electron chi connectivity index (χ3n) is 4.16. The van der Waals surface area contributed by atoms with Gasteiger partial charge in [-0.15, -0.1) is 0 Å². The van der Waals surface area contributed by atoms with Gasteiger partial charge >= 0.3 is 5.97 Å². The Morgan fingerprint density at radius 1 is 1.12 bits per heavy atom. The molecule has 0 amide bonds. The van der Waals surface area contributed by atoms with E-state index in [9.17, 15) is 4.79 Å². The number of aliphatic carboxylic acids is 1. The highest BCUT2D eigenvalue weighted by Gasteiger charge is 2.14. The summed E-state index contributed by atoms with van der Waals surface area (Å²) in [6, 6.07) is 17.9. The molecular formula is C20H19BrN2O2. The van der Waals surface area contributed by atoms with E-state index in [1.54, 1.807) is 0 Å². The maximum absolute atomic E-state index is 11.0. The molecule has 3 rings (SSSR count). The van der Waals surface area contributed by atoms with Crippen LogP contribution in [0.3, 0.4) is 0 Å². The Kier molecular flexibility index (Phi) is 4.95. The van der Waals surface area contributed by atoms with Crippen molar-refractivity contribution in [3.8, 4) is 16.9 Å². The van der Waals surface area contributed by atoms with Gasteiger partial charge in [0.2, 0.25) is 0 Å². The minimum absolute atomic E-state index is 0.0951. The number of rotatable bonds is 5. The van der Waals surface area contributed by atoms with Gasteiger partial charge in [-0.25, -0.2) is 0 Å². The summed E-state index contributed by atoms with van der Waals surface area (Å²) in [5.74, 6) is -0.799. The highest BCUT2D eigenvalue weighted by atomic mass is 79.9. The Morgan fingerprint density at radius 3 is 2.48 bits per heavy atom. The van der Waals surface area contributed by atoms with E-state index in [2.05, 4.69) is 20.5 Å². The summed E-state index contributed by atoms with van der Waals surface area (Å²) in [5.41, 5.74) is 11.7. The van der Waals surface area contributed by atoms with Gasteiger partial charge in [0.1, 0.15) is 0 Å². The second-order valence-electron chi connectivity index (χ2n) is 5.99. The summed E-state index contributed by atoms with van der Waals surface area (Å²) in [4.78, 5) is 11.0. The number of aryl methyl sites for hydroxylation is 2. The number of aromatic nitrogens is 1. The lowest BCUT2D eigenvalue weighted by molar-refractivity contribution is -0.136. The third-order valence-corrected chi connectivity index (χ3v) is 4.69. The molecule has 5 heteroatoms. The van der Waals surface area contributed by atoms with E-state index in [1.165, 1.54) is 0 Å². The third kappa shape index (κ3) is 3.77. The van der Waals surface area contributed by atoms with Crippen molar-refractivity contribution < 1.29 is 9.90 Å². The monoisotopic (exact) mass is 398 g/mol. The summed E-state index contributed by atoms with van der Waals surface area (Å²) < 4.78 is 3.14. The quantitative estimate of drug-likeness (QED) is 0.605. The molecule has 0 fully saturated rings. The highest BCUT2D eigenvalue weighted by Crippen LogP contribution is 2.30. The normalized spacial score (nSPS) is 10.8. The van der Waals surface area contributed by atoms with Crippen LogP contribution >= 0.6 is 15.9 Å². The molecule has 0 saturated heterocycles. The lowest BCUT2D eigenvalue weighted by Gasteiger charge is -2.16. The second-order valence-corrected chi connectivity index (χ2v) is 6.91. The van der Waals surface area contributed by atoms with E-state index in [1.807, 2.05) is 61.5 Å². The first kappa shape index (κ1) is 17.3. The van der Waals surface area contributed by atoms with Crippen LogP contribution in [0.4, 0.5) is 5.69 Å². The minimum Gasteiger partial charge on any atom is -0.481 e. The fourth-order valence-electron chi connectivity index (χ4n) is 2.97. The zero-order valence-electron chi connectivity index (χ0n) is 13.9. The molecule has 0 saturated carbocycles. The van der Waals surface area contributed by atoms with Crippen molar-refractivity contribution in [2.45, 2.75) is 19.8 Å². The number of nitrogens with zero attached hydrogens (tertiary/aromatic N) is 1. The number of nitrogens with two attached hydrogens (primary N) is 1. The SMILES string of the molecule is Cc1cc(N)ccc1-n1c(CCC(=O)O)ccc1-c1ccc(Br)cc1. The maximum atomic E-state index is 11.0. The van der Waals surface area contributed by atoms with Crippen molar-refractivity contribution in [1.82, 2.24) is 4.57 Å². The van der Waals surface area contributed by atoms with Crippen LogP contribution in [0.5, 0.6) is 0 Å². The Bertz CT molecular complexity index is 914. The molecule has 0 aliphatic heterocycles. The van der Waals surface area contributed by atoms with Gasteiger partial charge in [-0.1, -0.05) is 28.1 Å². The Balaban J connectivity index is 2.15. The zero-order valence-corrected chi connectivity index (χ0v) is 15.5. The summed E-state index contributed by atoms with van der Waals surface area (Å²) in [6.45, 7) is 2.01. The van der Waals surface area contributed by atoms with Crippen LogP contribution in [0.2, 0.25) is 0 Å². The standard InChI is InChI=1S/C20H19BrN2O2/c1-13-12-16(22)6-9-18(13)23-17(8-11-20(24)25)7-10-19(23)14-2-4-15(21)5-3-14/h2-7,9-10,12H,8,11,22H2,1H3,(H,24,25). The van der Waals surface area contributed by atoms with Crippen molar-refractivity contribution in [2.24, 2.45) is 0 Å². The number of carboxylic acid groups (broad SMARTS) is 1. The van der Waals surface area contributed by atoms with E-state index >= 15 is 0 Å². The summed E-state index contributed by atoms with van der Waals surface area (Å²) in [7, 11) is 0. The van der Waals surface area contributed by atoms with Crippen molar-refractivity contribution in [1.29, 1.82) is 0 Å². The molecule has 25 heavy (non-hydrogen) atoms. The van der Waals surface area contributed by atoms with E-state index in [4.69, 9.17) is 10.8 Å². The van der Waals surface area contributed by atoms with Crippen LogP contribution in [0.1, 0.15) is 17.7 Å². The molecule has 3 N–H and O–H groups in total. The first-order valence-electron chi connectivity index (χ1n) is 8.00. The zero-order chi connectivity index (χ0) is 18.0. The largest absolute Gasteiger partial charge is 0.481 e. The fourth-order valence-corrected chi connectivity index (χ4v) is 3.23. The average molecular weight is 399 g/mol.